The molecule has 3 aromatic rings. The third kappa shape index (κ3) is 3.98. The number of nitrogens with zero attached hydrogens (tertiary/aromatic N) is 1. The highest BCUT2D eigenvalue weighted by Gasteiger charge is 2.41. The summed E-state index contributed by atoms with van der Waals surface area (Å²) in [4.78, 5) is 28.5. The standard InChI is InChI=1S/C26H25N3O4/c1-2-32-18-14-12-17(13-15-18)27-26(31)29-21-9-4-3-7-19(21)28-20-8-5-10-22(30)24(20)25(29)23-11-6-16-33-23/h3-4,6-7,9,11-16,25,28H,2,5,8,10H2,1H3,(H,27,31)/t25-/m1/s1. The van der Waals surface area contributed by atoms with Gasteiger partial charge in [0.25, 0.3) is 0 Å². The Hall–Kier alpha value is -4.00. The molecule has 0 unspecified atom stereocenters. The van der Waals surface area contributed by atoms with Gasteiger partial charge in [0.15, 0.2) is 5.78 Å². The number of amides is 2. The van der Waals surface area contributed by atoms with Crippen molar-refractivity contribution in [3.8, 4) is 5.75 Å². The fourth-order valence-corrected chi connectivity index (χ4v) is 4.46. The Labute approximate surface area is 192 Å². The molecule has 2 heterocycles. The van der Waals surface area contributed by atoms with Crippen LogP contribution in [0.15, 0.2) is 82.6 Å². The third-order valence-electron chi connectivity index (χ3n) is 5.88. The molecule has 7 heteroatoms. The van der Waals surface area contributed by atoms with Crippen LogP contribution >= 0.6 is 0 Å². The largest absolute Gasteiger partial charge is 0.494 e. The van der Waals surface area contributed by atoms with Crippen molar-refractivity contribution in [3.05, 3.63) is 84.0 Å². The maximum Gasteiger partial charge on any atom is 0.327 e. The predicted octanol–water partition coefficient (Wildman–Crippen LogP) is 5.89. The summed E-state index contributed by atoms with van der Waals surface area (Å²) >= 11 is 0. The number of ketones is 1. The number of nitrogens with one attached hydrogen (secondary N) is 2. The second-order valence-corrected chi connectivity index (χ2v) is 7.99. The number of hydrogen-bond donors (Lipinski definition) is 2. The molecule has 7 nitrogen and oxygen atoms in total. The monoisotopic (exact) mass is 443 g/mol. The first-order valence-electron chi connectivity index (χ1n) is 11.1. The van der Waals surface area contributed by atoms with E-state index in [0.717, 1.165) is 30.0 Å². The average molecular weight is 444 g/mol. The molecule has 2 aliphatic rings. The molecule has 0 saturated heterocycles. The van der Waals surface area contributed by atoms with E-state index in [0.29, 0.717) is 35.7 Å². The summed E-state index contributed by atoms with van der Waals surface area (Å²) < 4.78 is 11.3. The topological polar surface area (TPSA) is 83.8 Å². The Bertz CT molecular complexity index is 1200. The Morgan fingerprint density at radius 3 is 2.70 bits per heavy atom. The third-order valence-corrected chi connectivity index (χ3v) is 5.88. The number of hydrogen-bond acceptors (Lipinski definition) is 5. The SMILES string of the molecule is CCOc1ccc(NC(=O)N2c3ccccc3NC3=C(C(=O)CCC3)[C@H]2c2ccco2)cc1. The minimum Gasteiger partial charge on any atom is -0.494 e. The molecular weight excluding hydrogens is 418 g/mol. The minimum absolute atomic E-state index is 0.0248. The Balaban J connectivity index is 1.60. The number of para-hydroxylation sites is 2. The van der Waals surface area contributed by atoms with Gasteiger partial charge in [-0.2, -0.15) is 0 Å². The number of furan rings is 1. The van der Waals surface area contributed by atoms with Crippen molar-refractivity contribution in [2.45, 2.75) is 32.2 Å². The van der Waals surface area contributed by atoms with Crippen LogP contribution in [-0.4, -0.2) is 18.4 Å². The number of fused-ring (bicyclic) bond motifs is 1. The number of carbonyl (C=O) groups excluding carboxylic acids is 2. The molecule has 5 rings (SSSR count). The molecule has 1 aromatic heterocycles. The summed E-state index contributed by atoms with van der Waals surface area (Å²) in [5.41, 5.74) is 3.49. The zero-order valence-corrected chi connectivity index (χ0v) is 18.3. The van der Waals surface area contributed by atoms with Crippen LogP contribution in [0.3, 0.4) is 0 Å². The van der Waals surface area contributed by atoms with E-state index in [2.05, 4.69) is 10.6 Å². The average Bonchev–Trinajstić information content (AvgIpc) is 3.30. The van der Waals surface area contributed by atoms with Gasteiger partial charge < -0.3 is 19.8 Å². The molecule has 168 valence electrons. The van der Waals surface area contributed by atoms with Crippen LogP contribution in [-0.2, 0) is 4.79 Å². The first-order chi connectivity index (χ1) is 16.2. The van der Waals surface area contributed by atoms with E-state index in [9.17, 15) is 9.59 Å². The number of allylic oxidation sites excluding steroid dienone is 1. The lowest BCUT2D eigenvalue weighted by molar-refractivity contribution is -0.116. The van der Waals surface area contributed by atoms with Crippen LogP contribution in [0.5, 0.6) is 5.75 Å². The fraction of sp³-hybridized carbons (Fsp3) is 0.231. The van der Waals surface area contributed by atoms with Crippen molar-refractivity contribution in [1.82, 2.24) is 0 Å². The van der Waals surface area contributed by atoms with Crippen LogP contribution in [0.1, 0.15) is 38.0 Å². The molecule has 0 saturated carbocycles. The normalized spacial score (nSPS) is 17.5. The summed E-state index contributed by atoms with van der Waals surface area (Å²) in [7, 11) is 0. The van der Waals surface area contributed by atoms with E-state index >= 15 is 0 Å². The maximum absolute atomic E-state index is 13.8. The maximum atomic E-state index is 13.8. The van der Waals surface area contributed by atoms with Crippen molar-refractivity contribution < 1.29 is 18.7 Å². The van der Waals surface area contributed by atoms with E-state index in [1.54, 1.807) is 29.4 Å². The molecule has 33 heavy (non-hydrogen) atoms. The van der Waals surface area contributed by atoms with Crippen molar-refractivity contribution in [1.29, 1.82) is 0 Å². The lowest BCUT2D eigenvalue weighted by Gasteiger charge is -2.32. The zero-order chi connectivity index (χ0) is 22.8. The quantitative estimate of drug-likeness (QED) is 0.525. The Morgan fingerprint density at radius 1 is 1.12 bits per heavy atom. The second-order valence-electron chi connectivity index (χ2n) is 7.99. The van der Waals surface area contributed by atoms with Crippen LogP contribution in [0.25, 0.3) is 0 Å². The van der Waals surface area contributed by atoms with Crippen molar-refractivity contribution in [3.63, 3.8) is 0 Å². The van der Waals surface area contributed by atoms with Gasteiger partial charge in [-0.25, -0.2) is 4.79 Å². The highest BCUT2D eigenvalue weighted by molar-refractivity contribution is 6.09. The van der Waals surface area contributed by atoms with Gasteiger partial charge in [0.05, 0.1) is 24.2 Å². The molecule has 0 radical (unpaired) electrons. The number of ether oxygens (including phenoxy) is 1. The molecule has 0 bridgehead atoms. The lowest BCUT2D eigenvalue weighted by Crippen LogP contribution is -2.40. The summed E-state index contributed by atoms with van der Waals surface area (Å²) in [5, 5.41) is 6.41. The summed E-state index contributed by atoms with van der Waals surface area (Å²) in [5.74, 6) is 1.30. The highest BCUT2D eigenvalue weighted by Crippen LogP contribution is 2.45. The van der Waals surface area contributed by atoms with Gasteiger partial charge in [0.1, 0.15) is 17.6 Å². The summed E-state index contributed by atoms with van der Waals surface area (Å²) in [6.07, 6.45) is 3.52. The van der Waals surface area contributed by atoms with Crippen molar-refractivity contribution in [2.24, 2.45) is 0 Å². The molecule has 1 aliphatic heterocycles. The highest BCUT2D eigenvalue weighted by atomic mass is 16.5. The molecule has 2 aromatic carbocycles. The molecule has 1 aliphatic carbocycles. The van der Waals surface area contributed by atoms with Crippen LogP contribution in [0, 0.1) is 0 Å². The number of benzene rings is 2. The molecule has 1 atom stereocenters. The van der Waals surface area contributed by atoms with Gasteiger partial charge in [0, 0.05) is 23.4 Å². The Morgan fingerprint density at radius 2 is 1.94 bits per heavy atom. The molecule has 0 fully saturated rings. The number of anilines is 3. The zero-order valence-electron chi connectivity index (χ0n) is 18.3. The van der Waals surface area contributed by atoms with Crippen LogP contribution < -0.4 is 20.3 Å². The number of Topliss-reactive ketones (excluding diaryl/α,β-unsaturated/α-hetero) is 1. The molecule has 2 amide bonds. The van der Waals surface area contributed by atoms with E-state index in [4.69, 9.17) is 9.15 Å². The summed E-state index contributed by atoms with van der Waals surface area (Å²) in [6.45, 7) is 2.49. The van der Waals surface area contributed by atoms with Gasteiger partial charge >= 0.3 is 6.03 Å². The fourth-order valence-electron chi connectivity index (χ4n) is 4.46. The van der Waals surface area contributed by atoms with E-state index in [1.807, 2.05) is 49.4 Å². The molecule has 2 N–H and O–H groups in total. The number of carbonyl (C=O) groups is 2. The smallest absolute Gasteiger partial charge is 0.327 e. The summed E-state index contributed by atoms with van der Waals surface area (Å²) in [6, 6.07) is 17.3. The predicted molar refractivity (Wildman–Crippen MR) is 127 cm³/mol. The lowest BCUT2D eigenvalue weighted by atomic mass is 9.88. The van der Waals surface area contributed by atoms with Gasteiger partial charge in [-0.15, -0.1) is 0 Å². The van der Waals surface area contributed by atoms with Crippen LogP contribution in [0.2, 0.25) is 0 Å². The number of rotatable bonds is 4. The minimum atomic E-state index is -0.679. The first-order valence-corrected chi connectivity index (χ1v) is 11.1. The van der Waals surface area contributed by atoms with Gasteiger partial charge in [-0.1, -0.05) is 12.1 Å². The van der Waals surface area contributed by atoms with Crippen LogP contribution in [0.4, 0.5) is 21.9 Å². The first kappa shape index (κ1) is 20.9. The Kier molecular flexibility index (Phi) is 5.60. The second kappa shape index (κ2) is 8.86. The van der Waals surface area contributed by atoms with E-state index in [1.165, 1.54) is 0 Å². The van der Waals surface area contributed by atoms with Gasteiger partial charge in [-0.3, -0.25) is 9.69 Å². The van der Waals surface area contributed by atoms with Gasteiger partial charge in [0.2, 0.25) is 0 Å². The van der Waals surface area contributed by atoms with E-state index < -0.39 is 6.04 Å². The van der Waals surface area contributed by atoms with E-state index in [-0.39, 0.29) is 11.8 Å². The van der Waals surface area contributed by atoms with Crippen molar-refractivity contribution in [2.75, 3.05) is 22.1 Å². The van der Waals surface area contributed by atoms with Gasteiger partial charge in [-0.05, 0) is 68.3 Å². The van der Waals surface area contributed by atoms with Crippen molar-refractivity contribution >= 4 is 28.9 Å². The molecular formula is C26H25N3O4. The number of urea groups is 1. The molecule has 0 spiro atoms.